The highest BCUT2D eigenvalue weighted by atomic mass is 16.6. The number of imide groups is 1. The molecule has 0 aromatic heterocycles. The van der Waals surface area contributed by atoms with Crippen molar-refractivity contribution in [1.82, 2.24) is 21.5 Å². The average Bonchev–Trinajstić information content (AvgIpc) is 2.27. The Kier molecular flexibility index (Phi) is 6.20. The highest BCUT2D eigenvalue weighted by molar-refractivity contribution is 5.92. The van der Waals surface area contributed by atoms with Crippen molar-refractivity contribution in [2.45, 2.75) is 45.3 Å². The van der Waals surface area contributed by atoms with Crippen LogP contribution in [0.1, 0.15) is 33.6 Å². The Morgan fingerprint density at radius 2 is 1.89 bits per heavy atom. The molecule has 1 heterocycles. The third-order valence-corrected chi connectivity index (χ3v) is 2.53. The van der Waals surface area contributed by atoms with E-state index in [0.717, 1.165) is 25.9 Å². The maximum absolute atomic E-state index is 11.5. The number of carbonyl (C=O) groups excluding carboxylic acids is 2. The maximum Gasteiger partial charge on any atom is 0.414 e. The first-order valence-corrected chi connectivity index (χ1v) is 6.59. The fourth-order valence-corrected chi connectivity index (χ4v) is 1.70. The van der Waals surface area contributed by atoms with E-state index in [0.29, 0.717) is 6.04 Å². The molecule has 7 nitrogen and oxygen atoms in total. The molecule has 110 valence electrons. The Hall–Kier alpha value is -1.18. The summed E-state index contributed by atoms with van der Waals surface area (Å²) in [6, 6.07) is 0.357. The van der Waals surface area contributed by atoms with Crippen LogP contribution in [0.3, 0.4) is 0 Å². The van der Waals surface area contributed by atoms with Crippen LogP contribution in [0, 0.1) is 0 Å². The Labute approximate surface area is 113 Å². The van der Waals surface area contributed by atoms with E-state index in [2.05, 4.69) is 21.5 Å². The van der Waals surface area contributed by atoms with Crippen molar-refractivity contribution in [2.75, 3.05) is 19.6 Å². The SMILES string of the molecule is CC(C)(C)OC(=O)NC(=O)CNNC1CCNCC1. The van der Waals surface area contributed by atoms with Gasteiger partial charge >= 0.3 is 6.09 Å². The van der Waals surface area contributed by atoms with Gasteiger partial charge in [-0.05, 0) is 46.7 Å². The molecule has 19 heavy (non-hydrogen) atoms. The molecule has 1 aliphatic rings. The fraction of sp³-hybridized carbons (Fsp3) is 0.833. The van der Waals surface area contributed by atoms with Gasteiger partial charge in [0.2, 0.25) is 5.91 Å². The number of piperidine rings is 1. The van der Waals surface area contributed by atoms with Crippen LogP contribution in [0.15, 0.2) is 0 Å². The fourth-order valence-electron chi connectivity index (χ4n) is 1.70. The monoisotopic (exact) mass is 272 g/mol. The number of amides is 2. The molecule has 0 aromatic carbocycles. The molecule has 4 N–H and O–H groups in total. The molecule has 0 radical (unpaired) electrons. The molecule has 1 saturated heterocycles. The molecule has 1 fully saturated rings. The van der Waals surface area contributed by atoms with Crippen LogP contribution in [-0.4, -0.2) is 43.3 Å². The third kappa shape index (κ3) is 7.76. The largest absolute Gasteiger partial charge is 0.444 e. The predicted octanol–water partition coefficient (Wildman–Crippen LogP) is -0.116. The van der Waals surface area contributed by atoms with Gasteiger partial charge < -0.3 is 10.1 Å². The molecule has 1 rings (SSSR count). The zero-order valence-corrected chi connectivity index (χ0v) is 11.8. The van der Waals surface area contributed by atoms with Crippen molar-refractivity contribution in [1.29, 1.82) is 0 Å². The first kappa shape index (κ1) is 15.9. The van der Waals surface area contributed by atoms with Crippen LogP contribution < -0.4 is 21.5 Å². The minimum Gasteiger partial charge on any atom is -0.444 e. The van der Waals surface area contributed by atoms with E-state index >= 15 is 0 Å². The predicted molar refractivity (Wildman–Crippen MR) is 71.4 cm³/mol. The van der Waals surface area contributed by atoms with Gasteiger partial charge in [-0.25, -0.2) is 10.2 Å². The summed E-state index contributed by atoms with van der Waals surface area (Å²) in [5.41, 5.74) is 5.29. The van der Waals surface area contributed by atoms with Gasteiger partial charge in [0.15, 0.2) is 0 Å². The molecule has 0 aromatic rings. The molecular weight excluding hydrogens is 248 g/mol. The molecule has 1 aliphatic heterocycles. The molecule has 2 amide bonds. The Balaban J connectivity index is 2.12. The van der Waals surface area contributed by atoms with E-state index < -0.39 is 17.6 Å². The van der Waals surface area contributed by atoms with Gasteiger partial charge in [0, 0.05) is 6.04 Å². The van der Waals surface area contributed by atoms with Gasteiger partial charge in [0.25, 0.3) is 0 Å². The number of rotatable bonds is 4. The summed E-state index contributed by atoms with van der Waals surface area (Å²) >= 11 is 0. The molecule has 0 bridgehead atoms. The molecule has 0 atom stereocenters. The van der Waals surface area contributed by atoms with Gasteiger partial charge in [-0.3, -0.25) is 15.5 Å². The lowest BCUT2D eigenvalue weighted by atomic mass is 10.1. The zero-order chi connectivity index (χ0) is 14.3. The second-order valence-corrected chi connectivity index (χ2v) is 5.57. The molecule has 0 saturated carbocycles. The molecule has 7 heteroatoms. The normalized spacial score (nSPS) is 17.0. The lowest BCUT2D eigenvalue weighted by Gasteiger charge is -2.24. The van der Waals surface area contributed by atoms with Crippen molar-refractivity contribution in [3.8, 4) is 0 Å². The van der Waals surface area contributed by atoms with E-state index in [1.807, 2.05) is 0 Å². The summed E-state index contributed by atoms with van der Waals surface area (Å²) in [4.78, 5) is 22.8. The minimum absolute atomic E-state index is 0.0309. The lowest BCUT2D eigenvalue weighted by molar-refractivity contribution is -0.120. The number of hydrazine groups is 1. The van der Waals surface area contributed by atoms with Crippen molar-refractivity contribution < 1.29 is 14.3 Å². The van der Waals surface area contributed by atoms with Gasteiger partial charge in [0.05, 0.1) is 6.54 Å². The number of carbonyl (C=O) groups is 2. The number of ether oxygens (including phenoxy) is 1. The summed E-state index contributed by atoms with van der Waals surface area (Å²) in [5.74, 6) is -0.421. The quantitative estimate of drug-likeness (QED) is 0.534. The smallest absolute Gasteiger partial charge is 0.414 e. The maximum atomic E-state index is 11.5. The van der Waals surface area contributed by atoms with E-state index in [1.54, 1.807) is 20.8 Å². The van der Waals surface area contributed by atoms with Crippen LogP contribution >= 0.6 is 0 Å². The first-order chi connectivity index (χ1) is 8.87. The van der Waals surface area contributed by atoms with E-state index in [1.165, 1.54) is 0 Å². The summed E-state index contributed by atoms with van der Waals surface area (Å²) in [7, 11) is 0. The van der Waals surface area contributed by atoms with Crippen molar-refractivity contribution in [3.63, 3.8) is 0 Å². The lowest BCUT2D eigenvalue weighted by Crippen LogP contribution is -2.50. The Morgan fingerprint density at radius 1 is 1.26 bits per heavy atom. The highest BCUT2D eigenvalue weighted by Crippen LogP contribution is 2.06. The van der Waals surface area contributed by atoms with Gasteiger partial charge in [-0.1, -0.05) is 0 Å². The zero-order valence-electron chi connectivity index (χ0n) is 11.8. The standard InChI is InChI=1S/C12H24N4O3/c1-12(2,3)19-11(18)15-10(17)8-14-16-9-4-6-13-7-5-9/h9,13-14,16H,4-8H2,1-3H3,(H,15,17,18). The minimum atomic E-state index is -0.721. The summed E-state index contributed by atoms with van der Waals surface area (Å²) in [6.45, 7) is 7.21. The third-order valence-electron chi connectivity index (χ3n) is 2.53. The van der Waals surface area contributed by atoms with E-state index in [9.17, 15) is 9.59 Å². The highest BCUT2D eigenvalue weighted by Gasteiger charge is 2.18. The first-order valence-electron chi connectivity index (χ1n) is 6.59. The molecule has 0 unspecified atom stereocenters. The van der Waals surface area contributed by atoms with Crippen LogP contribution in [0.2, 0.25) is 0 Å². The van der Waals surface area contributed by atoms with Crippen molar-refractivity contribution >= 4 is 12.0 Å². The van der Waals surface area contributed by atoms with Gasteiger partial charge in [-0.15, -0.1) is 0 Å². The molecule has 0 spiro atoms. The van der Waals surface area contributed by atoms with Gasteiger partial charge in [0.1, 0.15) is 5.60 Å². The summed E-state index contributed by atoms with van der Waals surface area (Å²) < 4.78 is 4.98. The number of nitrogens with one attached hydrogen (secondary N) is 4. The van der Waals surface area contributed by atoms with Crippen LogP contribution in [0.4, 0.5) is 4.79 Å². The molecular formula is C12H24N4O3. The average molecular weight is 272 g/mol. The van der Waals surface area contributed by atoms with E-state index in [4.69, 9.17) is 4.74 Å². The molecule has 0 aliphatic carbocycles. The van der Waals surface area contributed by atoms with Crippen molar-refractivity contribution in [3.05, 3.63) is 0 Å². The summed E-state index contributed by atoms with van der Waals surface area (Å²) in [5, 5.41) is 5.41. The Morgan fingerprint density at radius 3 is 2.47 bits per heavy atom. The number of hydrogen-bond acceptors (Lipinski definition) is 6. The Bertz CT molecular complexity index is 309. The van der Waals surface area contributed by atoms with Gasteiger partial charge in [-0.2, -0.15) is 0 Å². The van der Waals surface area contributed by atoms with E-state index in [-0.39, 0.29) is 6.54 Å². The van der Waals surface area contributed by atoms with Crippen LogP contribution in [0.5, 0.6) is 0 Å². The van der Waals surface area contributed by atoms with Crippen LogP contribution in [0.25, 0.3) is 0 Å². The number of hydrogen-bond donors (Lipinski definition) is 4. The second kappa shape index (κ2) is 7.42. The van der Waals surface area contributed by atoms with Crippen LogP contribution in [-0.2, 0) is 9.53 Å². The second-order valence-electron chi connectivity index (χ2n) is 5.57. The number of alkyl carbamates (subject to hydrolysis) is 1. The topological polar surface area (TPSA) is 91.5 Å². The summed E-state index contributed by atoms with van der Waals surface area (Å²) in [6.07, 6.45) is 1.31. The van der Waals surface area contributed by atoms with Crippen molar-refractivity contribution in [2.24, 2.45) is 0 Å².